The third-order valence-electron chi connectivity index (χ3n) is 5.44. The van der Waals surface area contributed by atoms with Gasteiger partial charge in [-0.25, -0.2) is 8.42 Å². The third kappa shape index (κ3) is 4.73. The minimum atomic E-state index is -3.45. The van der Waals surface area contributed by atoms with Gasteiger partial charge in [-0.05, 0) is 32.1 Å². The summed E-state index contributed by atoms with van der Waals surface area (Å²) >= 11 is 0. The van der Waals surface area contributed by atoms with E-state index in [0.29, 0.717) is 32.2 Å². The number of nitrogens with one attached hydrogen (secondary N) is 1. The minimum Gasteiger partial charge on any atom is -0.481 e. The number of amides is 1. The second-order valence-corrected chi connectivity index (χ2v) is 9.34. The fourth-order valence-electron chi connectivity index (χ4n) is 3.94. The highest BCUT2D eigenvalue weighted by Gasteiger charge is 2.41. The molecule has 0 radical (unpaired) electrons. The van der Waals surface area contributed by atoms with E-state index in [1.807, 2.05) is 0 Å². The van der Waals surface area contributed by atoms with Crippen LogP contribution >= 0.6 is 0 Å². The van der Waals surface area contributed by atoms with Crippen LogP contribution in [0.15, 0.2) is 0 Å². The number of hydrogen-bond donors (Lipinski definition) is 2. The first-order valence-electron chi connectivity index (χ1n) is 9.33. The molecular weight excluding hydrogens is 344 g/mol. The number of nitrogens with zero attached hydrogens (tertiary/aromatic N) is 1. The number of piperidine rings is 1. The number of sulfonamides is 1. The van der Waals surface area contributed by atoms with Crippen molar-refractivity contribution in [1.82, 2.24) is 9.62 Å². The molecule has 1 saturated heterocycles. The highest BCUT2D eigenvalue weighted by Crippen LogP contribution is 2.36. The summed E-state index contributed by atoms with van der Waals surface area (Å²) in [5, 5.41) is 12.4. The molecule has 1 aliphatic heterocycles. The predicted molar refractivity (Wildman–Crippen MR) is 94.6 cm³/mol. The van der Waals surface area contributed by atoms with Gasteiger partial charge in [0.25, 0.3) is 0 Å². The summed E-state index contributed by atoms with van der Waals surface area (Å²) in [5.41, 5.74) is -0.907. The SMILES string of the molecule is CCCS(=O)(=O)N1CCCCC1C(=O)NCC1(C(=O)O)CCCCC1. The Hall–Kier alpha value is -1.15. The Morgan fingerprint density at radius 1 is 1.16 bits per heavy atom. The van der Waals surface area contributed by atoms with Gasteiger partial charge in [-0.1, -0.05) is 32.6 Å². The zero-order valence-corrected chi connectivity index (χ0v) is 15.8. The van der Waals surface area contributed by atoms with Crippen molar-refractivity contribution in [2.45, 2.75) is 70.8 Å². The molecule has 1 saturated carbocycles. The number of carbonyl (C=O) groups is 2. The van der Waals surface area contributed by atoms with Crippen molar-refractivity contribution in [2.75, 3.05) is 18.8 Å². The molecule has 1 atom stereocenters. The number of hydrogen-bond acceptors (Lipinski definition) is 4. The number of carbonyl (C=O) groups excluding carboxylic acids is 1. The van der Waals surface area contributed by atoms with E-state index >= 15 is 0 Å². The smallest absolute Gasteiger partial charge is 0.311 e. The Morgan fingerprint density at radius 3 is 2.44 bits per heavy atom. The maximum absolute atomic E-state index is 12.7. The monoisotopic (exact) mass is 374 g/mol. The van der Waals surface area contributed by atoms with Crippen molar-refractivity contribution in [1.29, 1.82) is 0 Å². The maximum Gasteiger partial charge on any atom is 0.311 e. The summed E-state index contributed by atoms with van der Waals surface area (Å²) in [4.78, 5) is 24.4. The molecule has 0 aromatic rings. The topological polar surface area (TPSA) is 104 Å². The fourth-order valence-corrected chi connectivity index (χ4v) is 5.69. The lowest BCUT2D eigenvalue weighted by molar-refractivity contribution is -0.151. The van der Waals surface area contributed by atoms with E-state index in [-0.39, 0.29) is 18.2 Å². The van der Waals surface area contributed by atoms with Gasteiger partial charge >= 0.3 is 5.97 Å². The van der Waals surface area contributed by atoms with E-state index in [1.54, 1.807) is 6.92 Å². The Morgan fingerprint density at radius 2 is 1.84 bits per heavy atom. The standard InChI is InChI=1S/C17H30N2O5S/c1-2-12-25(23,24)19-11-7-4-8-14(19)15(20)18-13-17(16(21)22)9-5-3-6-10-17/h14H,2-13H2,1H3,(H,18,20)(H,21,22). The first-order valence-corrected chi connectivity index (χ1v) is 10.9. The van der Waals surface area contributed by atoms with Crippen LogP contribution in [0.4, 0.5) is 0 Å². The van der Waals surface area contributed by atoms with Crippen LogP contribution in [0.3, 0.4) is 0 Å². The fraction of sp³-hybridized carbons (Fsp3) is 0.882. The molecule has 0 aromatic heterocycles. The summed E-state index contributed by atoms with van der Waals surface area (Å²) in [7, 11) is -3.45. The van der Waals surface area contributed by atoms with Crippen LogP contribution < -0.4 is 5.32 Å². The first-order chi connectivity index (χ1) is 11.8. The Bertz CT molecular complexity index is 584. The normalized spacial score (nSPS) is 24.6. The molecule has 2 N–H and O–H groups in total. The van der Waals surface area contributed by atoms with E-state index in [9.17, 15) is 23.1 Å². The second-order valence-electron chi connectivity index (χ2n) is 7.30. The number of carboxylic acid groups (broad SMARTS) is 1. The number of rotatable bonds is 7. The van der Waals surface area contributed by atoms with Gasteiger partial charge in [0, 0.05) is 13.1 Å². The lowest BCUT2D eigenvalue weighted by Crippen LogP contribution is -2.54. The van der Waals surface area contributed by atoms with Gasteiger partial charge in [0.1, 0.15) is 6.04 Å². The van der Waals surface area contributed by atoms with E-state index in [2.05, 4.69) is 5.32 Å². The largest absolute Gasteiger partial charge is 0.481 e. The van der Waals surface area contributed by atoms with Crippen LogP contribution in [0, 0.1) is 5.41 Å². The Labute approximate surface area is 150 Å². The molecule has 0 bridgehead atoms. The van der Waals surface area contributed by atoms with Crippen molar-refractivity contribution in [3.8, 4) is 0 Å². The summed E-state index contributed by atoms with van der Waals surface area (Å²) in [6.45, 7) is 2.25. The second kappa shape index (κ2) is 8.49. The van der Waals surface area contributed by atoms with Crippen LogP contribution in [0.5, 0.6) is 0 Å². The highest BCUT2D eigenvalue weighted by molar-refractivity contribution is 7.89. The van der Waals surface area contributed by atoms with E-state index < -0.39 is 27.4 Å². The molecule has 1 aliphatic carbocycles. The van der Waals surface area contributed by atoms with Crippen LogP contribution in [0.2, 0.25) is 0 Å². The summed E-state index contributed by atoms with van der Waals surface area (Å²) in [6, 6.07) is -0.709. The van der Waals surface area contributed by atoms with Crippen LogP contribution in [0.25, 0.3) is 0 Å². The zero-order valence-electron chi connectivity index (χ0n) is 15.0. The first kappa shape index (κ1) is 20.2. The van der Waals surface area contributed by atoms with Crippen LogP contribution in [-0.4, -0.2) is 54.6 Å². The van der Waals surface area contributed by atoms with Crippen LogP contribution in [0.1, 0.15) is 64.7 Å². The molecule has 0 aromatic carbocycles. The minimum absolute atomic E-state index is 0.0375. The number of aliphatic carboxylic acids is 1. The zero-order chi connectivity index (χ0) is 18.5. The molecule has 1 heterocycles. The van der Waals surface area contributed by atoms with Gasteiger partial charge in [-0.3, -0.25) is 9.59 Å². The third-order valence-corrected chi connectivity index (χ3v) is 7.52. The Balaban J connectivity index is 2.06. The Kier molecular flexibility index (Phi) is 6.85. The average Bonchev–Trinajstić information content (AvgIpc) is 2.60. The molecule has 25 heavy (non-hydrogen) atoms. The van der Waals surface area contributed by atoms with Gasteiger partial charge in [-0.15, -0.1) is 0 Å². The van der Waals surface area contributed by atoms with Gasteiger partial charge < -0.3 is 10.4 Å². The predicted octanol–water partition coefficient (Wildman–Crippen LogP) is 1.73. The van der Waals surface area contributed by atoms with Crippen LogP contribution in [-0.2, 0) is 19.6 Å². The average molecular weight is 375 g/mol. The molecule has 7 nitrogen and oxygen atoms in total. The van der Waals surface area contributed by atoms with Crippen molar-refractivity contribution >= 4 is 21.9 Å². The van der Waals surface area contributed by atoms with E-state index in [1.165, 1.54) is 4.31 Å². The van der Waals surface area contributed by atoms with Gasteiger partial charge in [0.05, 0.1) is 11.2 Å². The van der Waals surface area contributed by atoms with Crippen molar-refractivity contribution in [2.24, 2.45) is 5.41 Å². The van der Waals surface area contributed by atoms with Crippen molar-refractivity contribution in [3.63, 3.8) is 0 Å². The molecule has 144 valence electrons. The molecule has 1 amide bonds. The molecule has 1 unspecified atom stereocenters. The molecule has 8 heteroatoms. The molecular formula is C17H30N2O5S. The molecule has 2 aliphatic rings. The highest BCUT2D eigenvalue weighted by atomic mass is 32.2. The number of carboxylic acids is 1. The van der Waals surface area contributed by atoms with Crippen molar-refractivity contribution in [3.05, 3.63) is 0 Å². The maximum atomic E-state index is 12.7. The van der Waals surface area contributed by atoms with E-state index in [4.69, 9.17) is 0 Å². The molecule has 0 spiro atoms. The van der Waals surface area contributed by atoms with Crippen molar-refractivity contribution < 1.29 is 23.1 Å². The molecule has 2 fully saturated rings. The van der Waals surface area contributed by atoms with Gasteiger partial charge in [-0.2, -0.15) is 4.31 Å². The van der Waals surface area contributed by atoms with Gasteiger partial charge in [0.2, 0.25) is 15.9 Å². The summed E-state index contributed by atoms with van der Waals surface area (Å²) in [5.74, 6) is -1.19. The quantitative estimate of drug-likeness (QED) is 0.706. The lowest BCUT2D eigenvalue weighted by Gasteiger charge is -2.36. The van der Waals surface area contributed by atoms with E-state index in [0.717, 1.165) is 32.1 Å². The van der Waals surface area contributed by atoms with Gasteiger partial charge in [0.15, 0.2) is 0 Å². The summed E-state index contributed by atoms with van der Waals surface area (Å²) < 4.78 is 26.2. The molecule has 2 rings (SSSR count). The summed E-state index contributed by atoms with van der Waals surface area (Å²) in [6.07, 6.45) is 6.41. The lowest BCUT2D eigenvalue weighted by atomic mass is 9.74.